The van der Waals surface area contributed by atoms with E-state index in [9.17, 15) is 4.79 Å². The quantitative estimate of drug-likeness (QED) is 0.244. The third kappa shape index (κ3) is 7.95. The highest BCUT2D eigenvalue weighted by Crippen LogP contribution is 2.22. The number of hydrogen-bond donors (Lipinski definition) is 0. The van der Waals surface area contributed by atoms with Crippen molar-refractivity contribution >= 4 is 14.0 Å². The second kappa shape index (κ2) is 13.2. The van der Waals surface area contributed by atoms with Crippen LogP contribution in [0, 0.1) is 0 Å². The Morgan fingerprint density at radius 1 is 0.800 bits per heavy atom. The molecule has 2 nitrogen and oxygen atoms in total. The summed E-state index contributed by atoms with van der Waals surface area (Å²) in [4.78, 5) is 15.0. The zero-order valence-corrected chi connectivity index (χ0v) is 20.1. The highest BCUT2D eigenvalue weighted by atomic mass is 28.3. The van der Waals surface area contributed by atoms with Gasteiger partial charge in [0.25, 0.3) is 0 Å². The molecule has 0 N–H and O–H groups in total. The number of rotatable bonds is 13. The van der Waals surface area contributed by atoms with Crippen LogP contribution in [0.3, 0.4) is 0 Å². The van der Waals surface area contributed by atoms with Gasteiger partial charge in [0, 0.05) is 19.5 Å². The van der Waals surface area contributed by atoms with E-state index in [2.05, 4.69) is 56.8 Å². The molecule has 0 fully saturated rings. The van der Waals surface area contributed by atoms with E-state index in [-0.39, 0.29) is 5.91 Å². The highest BCUT2D eigenvalue weighted by molar-refractivity contribution is 6.84. The van der Waals surface area contributed by atoms with Crippen molar-refractivity contribution in [2.75, 3.05) is 0 Å². The van der Waals surface area contributed by atoms with Crippen LogP contribution in [0.25, 0.3) is 0 Å². The average Bonchev–Trinajstić information content (AvgIpc) is 2.80. The lowest BCUT2D eigenvalue weighted by molar-refractivity contribution is -0.132. The Bertz CT molecular complexity index is 703. The van der Waals surface area contributed by atoms with Gasteiger partial charge in [0.05, 0.1) is 8.07 Å². The number of carbonyl (C=O) groups is 1. The van der Waals surface area contributed by atoms with Gasteiger partial charge in [0.2, 0.25) is 5.91 Å². The Kier molecular flexibility index (Phi) is 10.6. The molecule has 3 heteroatoms. The van der Waals surface area contributed by atoms with Crippen molar-refractivity contribution in [2.24, 2.45) is 0 Å². The van der Waals surface area contributed by atoms with Crippen molar-refractivity contribution in [1.82, 2.24) is 4.90 Å². The van der Waals surface area contributed by atoms with Crippen molar-refractivity contribution in [3.8, 4) is 0 Å². The first-order chi connectivity index (χ1) is 14.6. The van der Waals surface area contributed by atoms with E-state index in [1.165, 1.54) is 29.3 Å². The van der Waals surface area contributed by atoms with Gasteiger partial charge in [-0.05, 0) is 30.4 Å². The molecule has 0 aliphatic rings. The SMILES string of the molecule is CC[Si](/C=C\CCCCC(=O)N(Cc1ccccc1)Cc1ccccc1)(CC)CC. The van der Waals surface area contributed by atoms with Crippen LogP contribution in [0.15, 0.2) is 72.4 Å². The highest BCUT2D eigenvalue weighted by Gasteiger charge is 2.22. The monoisotopic (exact) mass is 421 g/mol. The lowest BCUT2D eigenvalue weighted by atomic mass is 10.1. The number of amides is 1. The minimum Gasteiger partial charge on any atom is -0.334 e. The van der Waals surface area contributed by atoms with E-state index >= 15 is 0 Å². The van der Waals surface area contributed by atoms with Crippen LogP contribution < -0.4 is 0 Å². The maximum absolute atomic E-state index is 13.0. The van der Waals surface area contributed by atoms with Crippen LogP contribution in [0.5, 0.6) is 0 Å². The van der Waals surface area contributed by atoms with Gasteiger partial charge in [0.15, 0.2) is 0 Å². The lowest BCUT2D eigenvalue weighted by Gasteiger charge is -2.24. The number of unbranched alkanes of at least 4 members (excludes halogenated alkanes) is 2. The van der Waals surface area contributed by atoms with E-state index < -0.39 is 8.07 Å². The number of carbonyl (C=O) groups excluding carboxylic acids is 1. The largest absolute Gasteiger partial charge is 0.334 e. The molecular weight excluding hydrogens is 382 g/mol. The van der Waals surface area contributed by atoms with Crippen molar-refractivity contribution in [3.05, 3.63) is 83.6 Å². The first kappa shape index (κ1) is 24.1. The molecule has 0 saturated carbocycles. The van der Waals surface area contributed by atoms with E-state index in [1.807, 2.05) is 41.3 Å². The molecular formula is C27H39NOSi. The maximum atomic E-state index is 13.0. The molecule has 0 bridgehead atoms. The summed E-state index contributed by atoms with van der Waals surface area (Å²) < 4.78 is 0. The molecule has 0 atom stereocenters. The van der Waals surface area contributed by atoms with Crippen molar-refractivity contribution < 1.29 is 4.79 Å². The van der Waals surface area contributed by atoms with Gasteiger partial charge in [-0.15, -0.1) is 0 Å². The number of hydrogen-bond acceptors (Lipinski definition) is 1. The summed E-state index contributed by atoms with van der Waals surface area (Å²) in [5.41, 5.74) is 4.93. The molecule has 0 unspecified atom stereocenters. The topological polar surface area (TPSA) is 20.3 Å². The fourth-order valence-electron chi connectivity index (χ4n) is 3.97. The summed E-state index contributed by atoms with van der Waals surface area (Å²) in [5.74, 6) is 0.256. The summed E-state index contributed by atoms with van der Waals surface area (Å²) >= 11 is 0. The average molecular weight is 422 g/mol. The number of allylic oxidation sites excluding steroid dienone is 1. The maximum Gasteiger partial charge on any atom is 0.223 e. The van der Waals surface area contributed by atoms with Crippen LogP contribution in [0.1, 0.15) is 57.6 Å². The first-order valence-corrected chi connectivity index (χ1v) is 14.4. The zero-order valence-electron chi connectivity index (χ0n) is 19.1. The Hall–Kier alpha value is -2.13. The van der Waals surface area contributed by atoms with Crippen LogP contribution in [-0.4, -0.2) is 18.9 Å². The van der Waals surface area contributed by atoms with Crippen molar-refractivity contribution in [2.45, 2.75) is 77.7 Å². The Labute approximate surface area is 185 Å². The molecule has 1 amide bonds. The summed E-state index contributed by atoms with van der Waals surface area (Å²) in [6.07, 6.45) is 6.18. The summed E-state index contributed by atoms with van der Waals surface area (Å²) in [5, 5.41) is 0. The van der Waals surface area contributed by atoms with Crippen LogP contribution >= 0.6 is 0 Å². The molecule has 2 rings (SSSR count). The van der Waals surface area contributed by atoms with Gasteiger partial charge >= 0.3 is 0 Å². The molecule has 0 aliphatic heterocycles. The predicted molar refractivity (Wildman–Crippen MR) is 132 cm³/mol. The molecule has 0 spiro atoms. The predicted octanol–water partition coefficient (Wildman–Crippen LogP) is 7.38. The van der Waals surface area contributed by atoms with Gasteiger partial charge in [-0.2, -0.15) is 0 Å². The second-order valence-electron chi connectivity index (χ2n) is 8.29. The minimum absolute atomic E-state index is 0.256. The second-order valence-corrected chi connectivity index (χ2v) is 13.5. The van der Waals surface area contributed by atoms with Gasteiger partial charge in [0.1, 0.15) is 0 Å². The Balaban J connectivity index is 1.87. The van der Waals surface area contributed by atoms with Crippen LogP contribution in [0.4, 0.5) is 0 Å². The molecule has 0 aliphatic carbocycles. The third-order valence-electron chi connectivity index (χ3n) is 6.38. The smallest absolute Gasteiger partial charge is 0.223 e. The van der Waals surface area contributed by atoms with Crippen molar-refractivity contribution in [1.29, 1.82) is 0 Å². The number of benzene rings is 2. The summed E-state index contributed by atoms with van der Waals surface area (Å²) in [6.45, 7) is 8.38. The normalized spacial score (nSPS) is 11.7. The molecule has 30 heavy (non-hydrogen) atoms. The molecule has 2 aromatic rings. The fourth-order valence-corrected chi connectivity index (χ4v) is 6.85. The Morgan fingerprint density at radius 3 is 1.77 bits per heavy atom. The van der Waals surface area contributed by atoms with Crippen LogP contribution in [0.2, 0.25) is 18.1 Å². The zero-order chi connectivity index (χ0) is 21.7. The Morgan fingerprint density at radius 2 is 1.30 bits per heavy atom. The fraction of sp³-hybridized carbons (Fsp3) is 0.444. The van der Waals surface area contributed by atoms with Gasteiger partial charge in [-0.3, -0.25) is 4.79 Å². The van der Waals surface area contributed by atoms with E-state index in [1.54, 1.807) is 0 Å². The molecule has 0 heterocycles. The first-order valence-electron chi connectivity index (χ1n) is 11.7. The van der Waals surface area contributed by atoms with Crippen LogP contribution in [-0.2, 0) is 17.9 Å². The molecule has 2 aromatic carbocycles. The van der Waals surface area contributed by atoms with E-state index in [4.69, 9.17) is 0 Å². The van der Waals surface area contributed by atoms with E-state index in [0.29, 0.717) is 19.5 Å². The summed E-state index contributed by atoms with van der Waals surface area (Å²) in [6, 6.07) is 24.6. The third-order valence-corrected chi connectivity index (χ3v) is 11.5. The van der Waals surface area contributed by atoms with E-state index in [0.717, 1.165) is 19.3 Å². The molecule has 0 saturated heterocycles. The lowest BCUT2D eigenvalue weighted by Crippen LogP contribution is -2.29. The van der Waals surface area contributed by atoms with Gasteiger partial charge in [-0.1, -0.05) is 111 Å². The summed E-state index contributed by atoms with van der Waals surface area (Å²) in [7, 11) is -1.16. The number of nitrogens with zero attached hydrogens (tertiary/aromatic N) is 1. The van der Waals surface area contributed by atoms with Gasteiger partial charge < -0.3 is 4.90 Å². The van der Waals surface area contributed by atoms with Crippen molar-refractivity contribution in [3.63, 3.8) is 0 Å². The molecule has 0 radical (unpaired) electrons. The standard InChI is InChI=1S/C27H39NOSi/c1-4-30(5-2,6-3)22-16-8-7-15-21-27(29)28(23-25-17-11-9-12-18-25)24-26-19-13-10-14-20-26/h9-14,16-20,22H,4-8,15,21,23-24H2,1-3H3/b22-16-. The molecule has 0 aromatic heterocycles. The minimum atomic E-state index is -1.16. The molecule has 162 valence electrons. The van der Waals surface area contributed by atoms with Gasteiger partial charge in [-0.25, -0.2) is 0 Å².